The Morgan fingerprint density at radius 1 is 0.909 bits per heavy atom. The summed E-state index contributed by atoms with van der Waals surface area (Å²) in [5.41, 5.74) is 0.720. The van der Waals surface area contributed by atoms with Crippen molar-refractivity contribution in [3.05, 3.63) is 78.4 Å². The Labute approximate surface area is 128 Å². The predicted molar refractivity (Wildman–Crippen MR) is 87.1 cm³/mol. The van der Waals surface area contributed by atoms with Crippen LogP contribution in [0.25, 0.3) is 16.8 Å². The molecule has 0 spiro atoms. The van der Waals surface area contributed by atoms with Crippen LogP contribution in [0.1, 0.15) is 5.56 Å². The van der Waals surface area contributed by atoms with Gasteiger partial charge >= 0.3 is 5.97 Å². The number of hydrogen-bond donors (Lipinski definition) is 1. The van der Waals surface area contributed by atoms with Crippen molar-refractivity contribution in [3.63, 3.8) is 0 Å². The van der Waals surface area contributed by atoms with Gasteiger partial charge in [-0.15, -0.1) is 0 Å². The molecule has 108 valence electrons. The zero-order valence-corrected chi connectivity index (χ0v) is 11.8. The molecule has 0 heterocycles. The van der Waals surface area contributed by atoms with Gasteiger partial charge in [-0.25, -0.2) is 4.79 Å². The van der Waals surface area contributed by atoms with E-state index in [1.165, 1.54) is 6.08 Å². The fourth-order valence-corrected chi connectivity index (χ4v) is 2.23. The third-order valence-corrected chi connectivity index (χ3v) is 3.27. The molecule has 0 saturated heterocycles. The van der Waals surface area contributed by atoms with Crippen molar-refractivity contribution in [2.24, 2.45) is 0 Å². The second-order valence-electron chi connectivity index (χ2n) is 4.82. The summed E-state index contributed by atoms with van der Waals surface area (Å²) < 4.78 is 5.91. The van der Waals surface area contributed by atoms with Crippen LogP contribution in [0.2, 0.25) is 0 Å². The Morgan fingerprint density at radius 3 is 2.45 bits per heavy atom. The smallest absolute Gasteiger partial charge is 0.328 e. The van der Waals surface area contributed by atoms with E-state index in [4.69, 9.17) is 9.84 Å². The number of benzene rings is 3. The molecular weight excluding hydrogens is 276 g/mol. The molecule has 3 heteroatoms. The lowest BCUT2D eigenvalue weighted by Crippen LogP contribution is -1.89. The Hall–Kier alpha value is -3.07. The standard InChI is InChI=1S/C19H14O3/c20-19(21)12-10-15-6-3-4-8-18(15)22-17-11-9-14-5-1-2-7-16(14)13-17/h1-13H,(H,20,21)/b12-10+. The number of carbonyl (C=O) groups is 1. The maximum absolute atomic E-state index is 10.7. The number of ether oxygens (including phenoxy) is 1. The first kappa shape index (κ1) is 13.9. The first-order valence-corrected chi connectivity index (χ1v) is 6.89. The highest BCUT2D eigenvalue weighted by Gasteiger charge is 2.03. The molecule has 3 aromatic carbocycles. The summed E-state index contributed by atoms with van der Waals surface area (Å²) in [5.74, 6) is 0.352. The fourth-order valence-electron chi connectivity index (χ4n) is 2.23. The van der Waals surface area contributed by atoms with Gasteiger partial charge < -0.3 is 9.84 Å². The Balaban J connectivity index is 1.93. The Morgan fingerprint density at radius 2 is 1.64 bits per heavy atom. The van der Waals surface area contributed by atoms with Crippen LogP contribution in [0.4, 0.5) is 0 Å². The first-order chi connectivity index (χ1) is 10.7. The van der Waals surface area contributed by atoms with Gasteiger partial charge in [0, 0.05) is 11.6 Å². The molecule has 3 nitrogen and oxygen atoms in total. The molecule has 22 heavy (non-hydrogen) atoms. The van der Waals surface area contributed by atoms with E-state index >= 15 is 0 Å². The molecule has 0 bridgehead atoms. The molecule has 0 atom stereocenters. The van der Waals surface area contributed by atoms with Crippen molar-refractivity contribution >= 4 is 22.8 Å². The summed E-state index contributed by atoms with van der Waals surface area (Å²) in [4.78, 5) is 10.7. The summed E-state index contributed by atoms with van der Waals surface area (Å²) in [6.07, 6.45) is 2.63. The van der Waals surface area contributed by atoms with E-state index in [-0.39, 0.29) is 0 Å². The highest BCUT2D eigenvalue weighted by Crippen LogP contribution is 2.28. The van der Waals surface area contributed by atoms with Gasteiger partial charge in [0.1, 0.15) is 11.5 Å². The summed E-state index contributed by atoms with van der Waals surface area (Å²) in [6.45, 7) is 0. The topological polar surface area (TPSA) is 46.5 Å². The van der Waals surface area contributed by atoms with E-state index < -0.39 is 5.97 Å². The van der Waals surface area contributed by atoms with Gasteiger partial charge in [0.25, 0.3) is 0 Å². The van der Waals surface area contributed by atoms with Crippen molar-refractivity contribution in [2.45, 2.75) is 0 Å². The van der Waals surface area contributed by atoms with Crippen molar-refractivity contribution < 1.29 is 14.6 Å². The molecule has 0 amide bonds. The normalized spacial score (nSPS) is 10.9. The van der Waals surface area contributed by atoms with E-state index in [9.17, 15) is 4.79 Å². The van der Waals surface area contributed by atoms with E-state index in [1.54, 1.807) is 0 Å². The molecule has 0 saturated carbocycles. The summed E-state index contributed by atoms with van der Waals surface area (Å²) >= 11 is 0. The second kappa shape index (κ2) is 6.14. The zero-order valence-electron chi connectivity index (χ0n) is 11.8. The number of carboxylic acid groups (broad SMARTS) is 1. The lowest BCUT2D eigenvalue weighted by Gasteiger charge is -2.09. The maximum Gasteiger partial charge on any atom is 0.328 e. The van der Waals surface area contributed by atoms with E-state index in [0.717, 1.165) is 28.2 Å². The van der Waals surface area contributed by atoms with Crippen LogP contribution in [0.5, 0.6) is 11.5 Å². The van der Waals surface area contributed by atoms with Gasteiger partial charge in [-0.1, -0.05) is 48.5 Å². The number of fused-ring (bicyclic) bond motifs is 1. The second-order valence-corrected chi connectivity index (χ2v) is 4.82. The number of carboxylic acids is 1. The first-order valence-electron chi connectivity index (χ1n) is 6.89. The molecular formula is C19H14O3. The van der Waals surface area contributed by atoms with Crippen LogP contribution in [0, 0.1) is 0 Å². The number of hydrogen-bond acceptors (Lipinski definition) is 2. The minimum atomic E-state index is -0.986. The zero-order chi connectivity index (χ0) is 15.4. The predicted octanol–water partition coefficient (Wildman–Crippen LogP) is 4.73. The Bertz CT molecular complexity index is 850. The van der Waals surface area contributed by atoms with E-state index in [0.29, 0.717) is 5.75 Å². The molecule has 0 radical (unpaired) electrons. The minimum absolute atomic E-state index is 0.621. The summed E-state index contributed by atoms with van der Waals surface area (Å²) in [5, 5.41) is 11.0. The van der Waals surface area contributed by atoms with Crippen molar-refractivity contribution in [3.8, 4) is 11.5 Å². The average molecular weight is 290 g/mol. The molecule has 0 aliphatic heterocycles. The number of aliphatic carboxylic acids is 1. The van der Waals surface area contributed by atoms with E-state index in [2.05, 4.69) is 0 Å². The molecule has 3 rings (SSSR count). The van der Waals surface area contributed by atoms with Gasteiger partial charge in [0.05, 0.1) is 0 Å². The molecule has 0 unspecified atom stereocenters. The largest absolute Gasteiger partial charge is 0.478 e. The van der Waals surface area contributed by atoms with Crippen molar-refractivity contribution in [1.82, 2.24) is 0 Å². The maximum atomic E-state index is 10.7. The minimum Gasteiger partial charge on any atom is -0.478 e. The summed E-state index contributed by atoms with van der Waals surface area (Å²) in [7, 11) is 0. The third kappa shape index (κ3) is 3.15. The molecule has 0 fully saturated rings. The van der Waals surface area contributed by atoms with Gasteiger partial charge in [-0.2, -0.15) is 0 Å². The van der Waals surface area contributed by atoms with Gasteiger partial charge in [0.2, 0.25) is 0 Å². The highest BCUT2D eigenvalue weighted by molar-refractivity contribution is 5.86. The SMILES string of the molecule is O=C(O)/C=C/c1ccccc1Oc1ccc2ccccc2c1. The summed E-state index contributed by atoms with van der Waals surface area (Å²) in [6, 6.07) is 21.2. The van der Waals surface area contributed by atoms with Crippen LogP contribution >= 0.6 is 0 Å². The van der Waals surface area contributed by atoms with Gasteiger partial charge in [-0.05, 0) is 35.0 Å². The number of rotatable bonds is 4. The molecule has 0 aromatic heterocycles. The van der Waals surface area contributed by atoms with Crippen molar-refractivity contribution in [2.75, 3.05) is 0 Å². The molecule has 0 aliphatic carbocycles. The van der Waals surface area contributed by atoms with Crippen LogP contribution < -0.4 is 4.74 Å². The molecule has 3 aromatic rings. The number of para-hydroxylation sites is 1. The fraction of sp³-hybridized carbons (Fsp3) is 0. The quantitative estimate of drug-likeness (QED) is 0.706. The van der Waals surface area contributed by atoms with Crippen LogP contribution in [-0.2, 0) is 4.79 Å². The van der Waals surface area contributed by atoms with Crippen LogP contribution in [-0.4, -0.2) is 11.1 Å². The van der Waals surface area contributed by atoms with Crippen LogP contribution in [0.3, 0.4) is 0 Å². The molecule has 0 aliphatic rings. The average Bonchev–Trinajstić information content (AvgIpc) is 2.54. The van der Waals surface area contributed by atoms with Gasteiger partial charge in [0.15, 0.2) is 0 Å². The monoisotopic (exact) mass is 290 g/mol. The molecule has 1 N–H and O–H groups in total. The highest BCUT2D eigenvalue weighted by atomic mass is 16.5. The Kier molecular flexibility index (Phi) is 3.88. The lowest BCUT2D eigenvalue weighted by atomic mass is 10.1. The van der Waals surface area contributed by atoms with Gasteiger partial charge in [-0.3, -0.25) is 0 Å². The van der Waals surface area contributed by atoms with Crippen LogP contribution in [0.15, 0.2) is 72.8 Å². The third-order valence-electron chi connectivity index (χ3n) is 3.27. The van der Waals surface area contributed by atoms with Crippen molar-refractivity contribution in [1.29, 1.82) is 0 Å². The van der Waals surface area contributed by atoms with E-state index in [1.807, 2.05) is 66.7 Å². The lowest BCUT2D eigenvalue weighted by molar-refractivity contribution is -0.131.